The molecule has 2 atom stereocenters. The Hall–Kier alpha value is -3.05. The number of halogens is 3. The maximum absolute atomic E-state index is 13.1. The van der Waals surface area contributed by atoms with E-state index < -0.39 is 37.9 Å². The van der Waals surface area contributed by atoms with Gasteiger partial charge in [0.05, 0.1) is 27.9 Å². The van der Waals surface area contributed by atoms with E-state index in [9.17, 15) is 27.6 Å². The van der Waals surface area contributed by atoms with Crippen molar-refractivity contribution in [3.05, 3.63) is 65.7 Å². The second kappa shape index (κ2) is 15.3. The molecule has 2 rings (SSSR count). The van der Waals surface area contributed by atoms with Gasteiger partial charge < -0.3 is 29.8 Å². The first-order valence-corrected chi connectivity index (χ1v) is 12.7. The van der Waals surface area contributed by atoms with Crippen molar-refractivity contribution in [1.82, 2.24) is 5.09 Å². The largest absolute Gasteiger partial charge is 0.489 e. The smallest absolute Gasteiger partial charge is 0.456 e. The molecule has 3 N–H and O–H groups in total. The lowest BCUT2D eigenvalue weighted by atomic mass is 10.2. The van der Waals surface area contributed by atoms with Gasteiger partial charge in [0, 0.05) is 11.7 Å². The fourth-order valence-electron chi connectivity index (χ4n) is 2.84. The highest BCUT2D eigenvalue weighted by molar-refractivity contribution is 7.73. The minimum absolute atomic E-state index is 0.00916. The van der Waals surface area contributed by atoms with Crippen LogP contribution < -0.4 is 15.6 Å². The third kappa shape index (κ3) is 11.3. The summed E-state index contributed by atoms with van der Waals surface area (Å²) in [6.45, 7) is 1.82. The first-order valence-electron chi connectivity index (χ1n) is 11.2. The predicted molar refractivity (Wildman–Crippen MR) is 129 cm³/mol. The fourth-order valence-corrected chi connectivity index (χ4v) is 4.42. The number of hydrogen-bond donors (Lipinski definition) is 2. The Morgan fingerprint density at radius 3 is 2.46 bits per heavy atom. The second-order valence-corrected chi connectivity index (χ2v) is 9.22. The van der Waals surface area contributed by atoms with Gasteiger partial charge in [-0.25, -0.2) is 4.79 Å². The summed E-state index contributed by atoms with van der Waals surface area (Å²) in [6.07, 6.45) is -6.20. The van der Waals surface area contributed by atoms with Gasteiger partial charge in [-0.15, -0.1) is 0 Å². The molecular weight excluding hydrogens is 516 g/mol. The molecule has 0 aromatic heterocycles. The summed E-state index contributed by atoms with van der Waals surface area (Å²) in [5, 5.41) is 2.24. The monoisotopic (exact) mass is 544 g/mol. The fraction of sp³-hybridized carbons (Fsp3) is 0.375. The first-order chi connectivity index (χ1) is 17.6. The van der Waals surface area contributed by atoms with Crippen LogP contribution in [0.1, 0.15) is 22.8 Å². The maximum atomic E-state index is 13.1. The zero-order valence-corrected chi connectivity index (χ0v) is 20.9. The Balaban J connectivity index is 1.89. The number of rotatable bonds is 15. The van der Waals surface area contributed by atoms with Crippen LogP contribution in [0.15, 0.2) is 54.6 Å². The van der Waals surface area contributed by atoms with Crippen molar-refractivity contribution in [2.24, 2.45) is 5.73 Å². The SMILES string of the molecule is CCOC(=O)COCCOC(N)COc1cccc(C(=O)NP(Cc2ccccc2)C(=O)C(F)(F)F)c1. The van der Waals surface area contributed by atoms with E-state index in [4.69, 9.17) is 24.7 Å². The molecule has 0 fully saturated rings. The van der Waals surface area contributed by atoms with Gasteiger partial charge in [0.1, 0.15) is 25.2 Å². The van der Waals surface area contributed by atoms with Gasteiger partial charge in [0.15, 0.2) is 0 Å². The summed E-state index contributed by atoms with van der Waals surface area (Å²) in [4.78, 5) is 35.8. The molecule has 37 heavy (non-hydrogen) atoms. The van der Waals surface area contributed by atoms with E-state index in [0.29, 0.717) is 5.56 Å². The summed E-state index contributed by atoms with van der Waals surface area (Å²) < 4.78 is 60.0. The number of alkyl halides is 3. The zero-order valence-electron chi connectivity index (χ0n) is 20.0. The summed E-state index contributed by atoms with van der Waals surface area (Å²) in [5.41, 5.74) is 4.32. The molecule has 13 heteroatoms. The van der Waals surface area contributed by atoms with E-state index in [2.05, 4.69) is 5.09 Å². The molecule has 2 unspecified atom stereocenters. The third-order valence-corrected chi connectivity index (χ3v) is 6.40. The Morgan fingerprint density at radius 1 is 1.05 bits per heavy atom. The molecule has 2 aromatic rings. The van der Waals surface area contributed by atoms with Crippen molar-refractivity contribution in [1.29, 1.82) is 0 Å². The average Bonchev–Trinajstić information content (AvgIpc) is 2.86. The van der Waals surface area contributed by atoms with Crippen LogP contribution in [-0.4, -0.2) is 62.8 Å². The van der Waals surface area contributed by atoms with E-state index in [0.717, 1.165) is 0 Å². The molecule has 0 heterocycles. The van der Waals surface area contributed by atoms with Crippen molar-refractivity contribution in [2.45, 2.75) is 25.5 Å². The number of ether oxygens (including phenoxy) is 4. The van der Waals surface area contributed by atoms with Crippen LogP contribution in [0.5, 0.6) is 5.75 Å². The number of carbonyl (C=O) groups excluding carboxylic acids is 3. The minimum Gasteiger partial charge on any atom is -0.489 e. The van der Waals surface area contributed by atoms with Crippen LogP contribution in [0, 0.1) is 0 Å². The Kier molecular flexibility index (Phi) is 12.4. The van der Waals surface area contributed by atoms with E-state index in [1.54, 1.807) is 37.3 Å². The summed E-state index contributed by atoms with van der Waals surface area (Å²) in [5.74, 6) is -1.11. The molecule has 0 aliphatic carbocycles. The Bertz CT molecular complexity index is 1020. The van der Waals surface area contributed by atoms with Gasteiger partial charge in [-0.3, -0.25) is 9.59 Å². The van der Waals surface area contributed by atoms with Gasteiger partial charge in [0.25, 0.3) is 11.4 Å². The highest BCUT2D eigenvalue weighted by Gasteiger charge is 2.44. The number of amides is 1. The topological polar surface area (TPSA) is 126 Å². The summed E-state index contributed by atoms with van der Waals surface area (Å²) >= 11 is 0. The average molecular weight is 544 g/mol. The molecule has 1 amide bonds. The van der Waals surface area contributed by atoms with Gasteiger partial charge in [0.2, 0.25) is 0 Å². The number of carbonyl (C=O) groups is 3. The molecule has 0 saturated heterocycles. The third-order valence-electron chi connectivity index (χ3n) is 4.50. The number of nitrogens with two attached hydrogens (primary N) is 1. The summed E-state index contributed by atoms with van der Waals surface area (Å²) in [7, 11) is -2.58. The highest BCUT2D eigenvalue weighted by atomic mass is 31.1. The van der Waals surface area contributed by atoms with Gasteiger partial charge >= 0.3 is 12.1 Å². The predicted octanol–water partition coefficient (Wildman–Crippen LogP) is 3.36. The van der Waals surface area contributed by atoms with E-state index in [1.165, 1.54) is 24.3 Å². The lowest BCUT2D eigenvalue weighted by Crippen LogP contribution is -2.32. The van der Waals surface area contributed by atoms with Gasteiger partial charge in [-0.1, -0.05) is 36.4 Å². The van der Waals surface area contributed by atoms with Crippen molar-refractivity contribution in [3.8, 4) is 5.75 Å². The van der Waals surface area contributed by atoms with E-state index in [-0.39, 0.29) is 50.5 Å². The van der Waals surface area contributed by atoms with Crippen LogP contribution in [0.4, 0.5) is 13.2 Å². The van der Waals surface area contributed by atoms with Crippen LogP contribution in [0.2, 0.25) is 0 Å². The molecule has 0 spiro atoms. The Labute approximate surface area is 213 Å². The molecule has 9 nitrogen and oxygen atoms in total. The molecule has 0 saturated carbocycles. The van der Waals surface area contributed by atoms with Gasteiger partial charge in [-0.05, 0) is 30.7 Å². The quantitative estimate of drug-likeness (QED) is 0.151. The molecule has 202 valence electrons. The number of benzene rings is 2. The van der Waals surface area contributed by atoms with Crippen molar-refractivity contribution < 1.29 is 46.5 Å². The zero-order chi connectivity index (χ0) is 27.3. The standard InChI is InChI=1S/C24H28F3N2O7P/c1-2-34-21(30)15-33-11-12-35-20(28)14-36-19-10-6-9-18(13-19)22(31)29-37(23(32)24(25,26)27)16-17-7-4-3-5-8-17/h3-10,13,20H,2,11-12,14-16,28H2,1H3,(H,29,31). The highest BCUT2D eigenvalue weighted by Crippen LogP contribution is 2.43. The van der Waals surface area contributed by atoms with Crippen LogP contribution >= 0.6 is 8.07 Å². The van der Waals surface area contributed by atoms with Crippen LogP contribution in [-0.2, 0) is 30.0 Å². The van der Waals surface area contributed by atoms with Crippen molar-refractivity contribution in [3.63, 3.8) is 0 Å². The molecule has 2 aromatic carbocycles. The first kappa shape index (κ1) is 30.2. The lowest BCUT2D eigenvalue weighted by molar-refractivity contribution is -0.161. The lowest BCUT2D eigenvalue weighted by Gasteiger charge is -2.19. The number of esters is 1. The molecule has 0 radical (unpaired) electrons. The molecule has 0 bridgehead atoms. The Morgan fingerprint density at radius 2 is 1.78 bits per heavy atom. The minimum atomic E-state index is -5.08. The van der Waals surface area contributed by atoms with Crippen LogP contribution in [0.25, 0.3) is 0 Å². The number of hydrogen-bond acceptors (Lipinski definition) is 8. The van der Waals surface area contributed by atoms with Gasteiger partial charge in [-0.2, -0.15) is 13.2 Å². The van der Waals surface area contributed by atoms with Crippen LogP contribution in [0.3, 0.4) is 0 Å². The van der Waals surface area contributed by atoms with Crippen molar-refractivity contribution in [2.75, 3.05) is 33.0 Å². The van der Waals surface area contributed by atoms with E-state index in [1.807, 2.05) is 0 Å². The normalized spacial score (nSPS) is 12.9. The molecular formula is C24H28F3N2O7P. The molecule has 0 aliphatic heterocycles. The summed E-state index contributed by atoms with van der Waals surface area (Å²) in [6, 6.07) is 13.8. The number of nitrogens with one attached hydrogen (secondary N) is 1. The molecule has 0 aliphatic rings. The van der Waals surface area contributed by atoms with E-state index >= 15 is 0 Å². The van der Waals surface area contributed by atoms with Crippen molar-refractivity contribution >= 4 is 25.5 Å². The maximum Gasteiger partial charge on any atom is 0.456 e. The second-order valence-electron chi connectivity index (χ2n) is 7.42.